The third-order valence-electron chi connectivity index (χ3n) is 1.96. The van der Waals surface area contributed by atoms with E-state index in [4.69, 9.17) is 4.42 Å². The summed E-state index contributed by atoms with van der Waals surface area (Å²) in [5.41, 5.74) is 1.26. The summed E-state index contributed by atoms with van der Waals surface area (Å²) in [6.45, 7) is 2.00. The van der Waals surface area contributed by atoms with Crippen molar-refractivity contribution >= 4 is 11.8 Å². The number of thioether (sulfide) groups is 1. The van der Waals surface area contributed by atoms with E-state index < -0.39 is 0 Å². The zero-order valence-electron chi connectivity index (χ0n) is 8.51. The Morgan fingerprint density at radius 3 is 2.67 bits per heavy atom. The summed E-state index contributed by atoms with van der Waals surface area (Å²) in [7, 11) is 0. The lowest BCUT2D eigenvalue weighted by Crippen LogP contribution is -1.79. The summed E-state index contributed by atoms with van der Waals surface area (Å²) in [6, 6.07) is 10.2. The predicted octanol–water partition coefficient (Wildman–Crippen LogP) is 2.92. The first-order chi connectivity index (χ1) is 7.38. The first-order valence-corrected chi connectivity index (χ1v) is 5.86. The Kier molecular flexibility index (Phi) is 3.40. The van der Waals surface area contributed by atoms with Gasteiger partial charge in [-0.1, -0.05) is 49.0 Å². The quantitative estimate of drug-likeness (QED) is 0.743. The van der Waals surface area contributed by atoms with E-state index in [-0.39, 0.29) is 0 Å². The molecule has 3 nitrogen and oxygen atoms in total. The molecule has 4 heteroatoms. The molecule has 0 atom stereocenters. The molecule has 78 valence electrons. The van der Waals surface area contributed by atoms with Gasteiger partial charge in [-0.15, -0.1) is 10.2 Å². The highest BCUT2D eigenvalue weighted by atomic mass is 32.2. The summed E-state index contributed by atoms with van der Waals surface area (Å²) >= 11 is 1.57. The smallest absolute Gasteiger partial charge is 0.276 e. The van der Waals surface area contributed by atoms with Crippen molar-refractivity contribution in [3.05, 3.63) is 41.8 Å². The fourth-order valence-electron chi connectivity index (χ4n) is 1.16. The van der Waals surface area contributed by atoms with E-state index in [0.29, 0.717) is 11.1 Å². The molecule has 2 aromatic rings. The Morgan fingerprint density at radius 1 is 1.20 bits per heavy atom. The second-order valence-electron chi connectivity index (χ2n) is 3.09. The van der Waals surface area contributed by atoms with Gasteiger partial charge in [-0.05, 0) is 5.56 Å². The number of hydrogen-bond acceptors (Lipinski definition) is 4. The summed E-state index contributed by atoms with van der Waals surface area (Å²) < 4.78 is 5.40. The SMILES string of the molecule is CCc1nnc(SCc2ccccc2)o1. The molecule has 0 N–H and O–H groups in total. The maximum Gasteiger partial charge on any atom is 0.276 e. The van der Waals surface area contributed by atoms with Crippen molar-refractivity contribution in [1.82, 2.24) is 10.2 Å². The van der Waals surface area contributed by atoms with Gasteiger partial charge in [-0.3, -0.25) is 0 Å². The lowest BCUT2D eigenvalue weighted by molar-refractivity contribution is 0.417. The van der Waals surface area contributed by atoms with Crippen molar-refractivity contribution in [2.75, 3.05) is 0 Å². The molecule has 0 saturated carbocycles. The van der Waals surface area contributed by atoms with E-state index in [0.717, 1.165) is 12.2 Å². The molecule has 2 rings (SSSR count). The zero-order valence-corrected chi connectivity index (χ0v) is 9.33. The number of aryl methyl sites for hydroxylation is 1. The molecule has 0 aliphatic rings. The Labute approximate surface area is 92.9 Å². The Balaban J connectivity index is 1.93. The van der Waals surface area contributed by atoms with Crippen LogP contribution >= 0.6 is 11.8 Å². The average molecular weight is 220 g/mol. The molecule has 0 bridgehead atoms. The number of nitrogens with zero attached hydrogens (tertiary/aromatic N) is 2. The van der Waals surface area contributed by atoms with Crippen LogP contribution in [0.4, 0.5) is 0 Å². The van der Waals surface area contributed by atoms with Crippen LogP contribution in [0.3, 0.4) is 0 Å². The van der Waals surface area contributed by atoms with E-state index in [9.17, 15) is 0 Å². The van der Waals surface area contributed by atoms with Gasteiger partial charge in [-0.2, -0.15) is 0 Å². The number of aromatic nitrogens is 2. The van der Waals surface area contributed by atoms with Gasteiger partial charge in [0.15, 0.2) is 0 Å². The van der Waals surface area contributed by atoms with Gasteiger partial charge in [-0.25, -0.2) is 0 Å². The molecular formula is C11H12N2OS. The Hall–Kier alpha value is -1.29. The normalized spacial score (nSPS) is 10.5. The highest BCUT2D eigenvalue weighted by molar-refractivity contribution is 7.98. The molecule has 0 saturated heterocycles. The van der Waals surface area contributed by atoms with Crippen molar-refractivity contribution in [1.29, 1.82) is 0 Å². The van der Waals surface area contributed by atoms with Crippen molar-refractivity contribution < 1.29 is 4.42 Å². The van der Waals surface area contributed by atoms with E-state index in [1.54, 1.807) is 11.8 Å². The summed E-state index contributed by atoms with van der Waals surface area (Å²) in [4.78, 5) is 0. The highest BCUT2D eigenvalue weighted by Gasteiger charge is 2.04. The zero-order chi connectivity index (χ0) is 10.5. The van der Waals surface area contributed by atoms with E-state index in [1.807, 2.05) is 25.1 Å². The third-order valence-corrected chi connectivity index (χ3v) is 2.85. The van der Waals surface area contributed by atoms with Gasteiger partial charge in [0.25, 0.3) is 5.22 Å². The summed E-state index contributed by atoms with van der Waals surface area (Å²) in [5.74, 6) is 1.57. The van der Waals surface area contributed by atoms with Crippen LogP contribution in [-0.2, 0) is 12.2 Å². The van der Waals surface area contributed by atoms with Crippen molar-refractivity contribution in [3.8, 4) is 0 Å². The molecule has 1 aromatic carbocycles. The third kappa shape index (κ3) is 2.83. The van der Waals surface area contributed by atoms with Crippen LogP contribution in [0.2, 0.25) is 0 Å². The number of benzene rings is 1. The molecule has 15 heavy (non-hydrogen) atoms. The topological polar surface area (TPSA) is 38.9 Å². The lowest BCUT2D eigenvalue weighted by Gasteiger charge is -1.96. The van der Waals surface area contributed by atoms with E-state index in [2.05, 4.69) is 22.3 Å². The molecule has 1 aromatic heterocycles. The average Bonchev–Trinajstić information content (AvgIpc) is 2.76. The molecule has 0 aliphatic heterocycles. The van der Waals surface area contributed by atoms with Gasteiger partial charge >= 0.3 is 0 Å². The van der Waals surface area contributed by atoms with Crippen LogP contribution in [0.1, 0.15) is 18.4 Å². The van der Waals surface area contributed by atoms with Crippen LogP contribution in [0.5, 0.6) is 0 Å². The maximum absolute atomic E-state index is 5.40. The summed E-state index contributed by atoms with van der Waals surface area (Å²) in [6.07, 6.45) is 0.791. The van der Waals surface area contributed by atoms with Gasteiger partial charge < -0.3 is 4.42 Å². The standard InChI is InChI=1S/C11H12N2OS/c1-2-10-12-13-11(14-10)15-8-9-6-4-3-5-7-9/h3-7H,2,8H2,1H3. The summed E-state index contributed by atoms with van der Waals surface area (Å²) in [5, 5.41) is 8.51. The molecule has 0 spiro atoms. The molecule has 0 aliphatic carbocycles. The second-order valence-corrected chi connectivity index (χ2v) is 4.02. The van der Waals surface area contributed by atoms with Gasteiger partial charge in [0.05, 0.1) is 0 Å². The maximum atomic E-state index is 5.40. The molecule has 0 fully saturated rings. The Morgan fingerprint density at radius 2 is 2.00 bits per heavy atom. The monoisotopic (exact) mass is 220 g/mol. The first-order valence-electron chi connectivity index (χ1n) is 4.87. The van der Waals surface area contributed by atoms with Crippen LogP contribution in [0.25, 0.3) is 0 Å². The Bertz CT molecular complexity index is 414. The van der Waals surface area contributed by atoms with Crippen LogP contribution in [0.15, 0.2) is 40.0 Å². The minimum atomic E-state index is 0.649. The fraction of sp³-hybridized carbons (Fsp3) is 0.273. The first kappa shape index (κ1) is 10.2. The molecule has 1 heterocycles. The van der Waals surface area contributed by atoms with Gasteiger partial charge in [0, 0.05) is 12.2 Å². The van der Waals surface area contributed by atoms with Gasteiger partial charge in [0.2, 0.25) is 5.89 Å². The van der Waals surface area contributed by atoms with Crippen LogP contribution in [-0.4, -0.2) is 10.2 Å². The van der Waals surface area contributed by atoms with Crippen molar-refractivity contribution in [2.45, 2.75) is 24.3 Å². The fourth-order valence-corrected chi connectivity index (χ4v) is 1.89. The minimum Gasteiger partial charge on any atom is -0.416 e. The molecular weight excluding hydrogens is 208 g/mol. The number of rotatable bonds is 4. The van der Waals surface area contributed by atoms with E-state index in [1.165, 1.54) is 5.56 Å². The molecule has 0 radical (unpaired) electrons. The second kappa shape index (κ2) is 4.98. The van der Waals surface area contributed by atoms with Crippen LogP contribution in [0, 0.1) is 0 Å². The predicted molar refractivity (Wildman–Crippen MR) is 59.7 cm³/mol. The number of hydrogen-bond donors (Lipinski definition) is 0. The van der Waals surface area contributed by atoms with Gasteiger partial charge in [0.1, 0.15) is 0 Å². The lowest BCUT2D eigenvalue weighted by atomic mass is 10.2. The highest BCUT2D eigenvalue weighted by Crippen LogP contribution is 2.21. The minimum absolute atomic E-state index is 0.649. The molecule has 0 amide bonds. The van der Waals surface area contributed by atoms with Crippen molar-refractivity contribution in [2.24, 2.45) is 0 Å². The van der Waals surface area contributed by atoms with Crippen molar-refractivity contribution in [3.63, 3.8) is 0 Å². The largest absolute Gasteiger partial charge is 0.416 e. The van der Waals surface area contributed by atoms with Crippen LogP contribution < -0.4 is 0 Å². The van der Waals surface area contributed by atoms with E-state index >= 15 is 0 Å². The molecule has 0 unspecified atom stereocenters.